The summed E-state index contributed by atoms with van der Waals surface area (Å²) in [5.74, 6) is 1.73. The molecule has 182 valence electrons. The first-order valence-electron chi connectivity index (χ1n) is 11.6. The van der Waals surface area contributed by atoms with E-state index in [9.17, 15) is 4.79 Å². The summed E-state index contributed by atoms with van der Waals surface area (Å²) in [6.07, 6.45) is 7.49. The fourth-order valence-electron chi connectivity index (χ4n) is 4.62. The van der Waals surface area contributed by atoms with E-state index in [0.29, 0.717) is 34.6 Å². The van der Waals surface area contributed by atoms with Gasteiger partial charge in [0.2, 0.25) is 5.95 Å². The lowest BCUT2D eigenvalue weighted by Gasteiger charge is -2.30. The normalized spacial score (nSPS) is 18.2. The summed E-state index contributed by atoms with van der Waals surface area (Å²) in [6.45, 7) is 4.14. The molecule has 0 radical (unpaired) electrons. The van der Waals surface area contributed by atoms with Crippen molar-refractivity contribution in [3.05, 3.63) is 35.7 Å². The molecule has 1 saturated carbocycles. The van der Waals surface area contributed by atoms with Crippen molar-refractivity contribution < 1.29 is 14.3 Å². The molecule has 2 aromatic heterocycles. The highest BCUT2D eigenvalue weighted by atomic mass is 16.5. The summed E-state index contributed by atoms with van der Waals surface area (Å²) in [6, 6.07) is 3.80. The Morgan fingerprint density at radius 2 is 1.85 bits per heavy atom. The van der Waals surface area contributed by atoms with E-state index in [1.807, 2.05) is 12.1 Å². The molecule has 2 heterocycles. The van der Waals surface area contributed by atoms with Gasteiger partial charge in [0.25, 0.3) is 5.91 Å². The number of imidazole rings is 1. The first-order chi connectivity index (χ1) is 16.3. The van der Waals surface area contributed by atoms with Gasteiger partial charge in [0.05, 0.1) is 14.2 Å². The van der Waals surface area contributed by atoms with Gasteiger partial charge in [-0.1, -0.05) is 26.7 Å². The van der Waals surface area contributed by atoms with Crippen LogP contribution in [0.5, 0.6) is 11.5 Å². The average Bonchev–Trinajstić information content (AvgIpc) is 3.29. The fraction of sp³-hybridized carbons (Fsp3) is 0.458. The van der Waals surface area contributed by atoms with Crippen molar-refractivity contribution >= 4 is 29.0 Å². The Hall–Kier alpha value is -3.53. The molecular formula is C24H33N7O3. The average molecular weight is 468 g/mol. The molecule has 0 aliphatic heterocycles. The van der Waals surface area contributed by atoms with Crippen LogP contribution in [0.2, 0.25) is 0 Å². The maximum absolute atomic E-state index is 12.5. The smallest absolute Gasteiger partial charge is 0.256 e. The molecule has 1 aliphatic rings. The number of nitrogens with one attached hydrogen (secondary N) is 2. The first kappa shape index (κ1) is 23.6. The number of amides is 1. The van der Waals surface area contributed by atoms with Crippen molar-refractivity contribution in [3.63, 3.8) is 0 Å². The zero-order valence-corrected chi connectivity index (χ0v) is 20.1. The van der Waals surface area contributed by atoms with E-state index < -0.39 is 5.91 Å². The number of nitrogens with zero attached hydrogens (tertiary/aromatic N) is 3. The number of carbonyl (C=O) groups is 1. The molecule has 1 aliphatic carbocycles. The molecular weight excluding hydrogens is 434 g/mol. The maximum Gasteiger partial charge on any atom is 0.256 e. The third-order valence-electron chi connectivity index (χ3n) is 6.31. The van der Waals surface area contributed by atoms with Crippen LogP contribution in [0, 0.1) is 0 Å². The zero-order chi connectivity index (χ0) is 24.4. The van der Waals surface area contributed by atoms with E-state index in [0.717, 1.165) is 31.2 Å². The molecule has 0 spiro atoms. The lowest BCUT2D eigenvalue weighted by Crippen LogP contribution is -2.43. The van der Waals surface area contributed by atoms with Gasteiger partial charge in [-0.2, -0.15) is 4.98 Å². The van der Waals surface area contributed by atoms with Crippen LogP contribution in [0.15, 0.2) is 24.5 Å². The van der Waals surface area contributed by atoms with Crippen molar-refractivity contribution in [1.82, 2.24) is 14.4 Å². The number of benzene rings is 1. The van der Waals surface area contributed by atoms with Gasteiger partial charge in [-0.05, 0) is 18.8 Å². The Labute approximate surface area is 199 Å². The standard InChI is InChI=1S/C24H33N7O3/c1-13(2)19-17(33-3)11-14(12-18(19)34-4)28-22-20(21(26)32)23-27-9-10-31(23)24(30-22)29-16-8-6-5-7-15(16)25/h9-13,15-16,28H,5-8,25H2,1-4H3,(H2,26,32)(H,29,30). The molecule has 0 saturated heterocycles. The van der Waals surface area contributed by atoms with Gasteiger partial charge in [0, 0.05) is 47.9 Å². The molecule has 1 amide bonds. The van der Waals surface area contributed by atoms with E-state index >= 15 is 0 Å². The van der Waals surface area contributed by atoms with Crippen LogP contribution in [0.4, 0.5) is 17.5 Å². The number of methoxy groups -OCH3 is 2. The van der Waals surface area contributed by atoms with Gasteiger partial charge < -0.3 is 31.6 Å². The molecule has 3 aromatic rings. The summed E-state index contributed by atoms with van der Waals surface area (Å²) in [4.78, 5) is 21.6. The number of primary amides is 1. The Balaban J connectivity index is 1.80. The number of hydrogen-bond acceptors (Lipinski definition) is 8. The number of anilines is 3. The molecule has 34 heavy (non-hydrogen) atoms. The molecule has 6 N–H and O–H groups in total. The Bertz CT molecular complexity index is 1170. The minimum Gasteiger partial charge on any atom is -0.496 e. The summed E-state index contributed by atoms with van der Waals surface area (Å²) < 4.78 is 13.0. The van der Waals surface area contributed by atoms with E-state index in [4.69, 9.17) is 25.9 Å². The topological polar surface area (TPSA) is 142 Å². The number of fused-ring (bicyclic) bond motifs is 1. The van der Waals surface area contributed by atoms with Crippen LogP contribution in [-0.4, -0.2) is 46.6 Å². The molecule has 0 bridgehead atoms. The number of carbonyl (C=O) groups excluding carboxylic acids is 1. The highest BCUT2D eigenvalue weighted by Gasteiger charge is 2.26. The minimum absolute atomic E-state index is 0.0263. The summed E-state index contributed by atoms with van der Waals surface area (Å²) >= 11 is 0. The molecule has 1 aromatic carbocycles. The van der Waals surface area contributed by atoms with Gasteiger partial charge in [0.15, 0.2) is 11.5 Å². The highest BCUT2D eigenvalue weighted by Crippen LogP contribution is 2.39. The third kappa shape index (κ3) is 4.45. The largest absolute Gasteiger partial charge is 0.496 e. The second kappa shape index (κ2) is 9.76. The zero-order valence-electron chi connectivity index (χ0n) is 20.1. The molecule has 10 heteroatoms. The van der Waals surface area contributed by atoms with Crippen molar-refractivity contribution in [2.45, 2.75) is 57.5 Å². The second-order valence-electron chi connectivity index (χ2n) is 8.92. The van der Waals surface area contributed by atoms with Gasteiger partial charge in [0.1, 0.15) is 17.1 Å². The van der Waals surface area contributed by atoms with Crippen LogP contribution in [0.25, 0.3) is 5.65 Å². The van der Waals surface area contributed by atoms with Crippen molar-refractivity contribution in [3.8, 4) is 11.5 Å². The minimum atomic E-state index is -0.634. The Morgan fingerprint density at radius 1 is 1.18 bits per heavy atom. The predicted molar refractivity (Wildman–Crippen MR) is 132 cm³/mol. The van der Waals surface area contributed by atoms with Gasteiger partial charge in [-0.3, -0.25) is 9.20 Å². The van der Waals surface area contributed by atoms with Crippen LogP contribution in [0.3, 0.4) is 0 Å². The molecule has 2 unspecified atom stereocenters. The molecule has 4 rings (SSSR count). The van der Waals surface area contributed by atoms with Gasteiger partial charge in [-0.15, -0.1) is 0 Å². The third-order valence-corrected chi connectivity index (χ3v) is 6.31. The number of hydrogen-bond donors (Lipinski definition) is 4. The Kier molecular flexibility index (Phi) is 6.78. The van der Waals surface area contributed by atoms with E-state index in [2.05, 4.69) is 29.5 Å². The van der Waals surface area contributed by atoms with E-state index in [1.165, 1.54) is 0 Å². The number of ether oxygens (including phenoxy) is 2. The lowest BCUT2D eigenvalue weighted by atomic mass is 9.91. The van der Waals surface area contributed by atoms with E-state index in [1.54, 1.807) is 31.0 Å². The van der Waals surface area contributed by atoms with Crippen LogP contribution < -0.4 is 31.6 Å². The summed E-state index contributed by atoms with van der Waals surface area (Å²) in [5.41, 5.74) is 14.3. The molecule has 2 atom stereocenters. The molecule has 1 fully saturated rings. The lowest BCUT2D eigenvalue weighted by molar-refractivity contribution is 0.100. The van der Waals surface area contributed by atoms with Crippen molar-refractivity contribution in [2.75, 3.05) is 24.9 Å². The van der Waals surface area contributed by atoms with Crippen LogP contribution in [0.1, 0.15) is 61.4 Å². The summed E-state index contributed by atoms with van der Waals surface area (Å²) in [7, 11) is 3.23. The highest BCUT2D eigenvalue weighted by molar-refractivity contribution is 6.04. The summed E-state index contributed by atoms with van der Waals surface area (Å²) in [5, 5.41) is 6.71. The monoisotopic (exact) mass is 467 g/mol. The molecule has 10 nitrogen and oxygen atoms in total. The number of aromatic nitrogens is 3. The Morgan fingerprint density at radius 3 is 2.44 bits per heavy atom. The number of rotatable bonds is 8. The van der Waals surface area contributed by atoms with Gasteiger partial charge in [-0.25, -0.2) is 4.98 Å². The second-order valence-corrected chi connectivity index (χ2v) is 8.92. The van der Waals surface area contributed by atoms with Crippen LogP contribution >= 0.6 is 0 Å². The van der Waals surface area contributed by atoms with Gasteiger partial charge >= 0.3 is 0 Å². The predicted octanol–water partition coefficient (Wildman–Crippen LogP) is 3.39. The first-order valence-corrected chi connectivity index (χ1v) is 11.6. The quantitative estimate of drug-likeness (QED) is 0.395. The van der Waals surface area contributed by atoms with Crippen molar-refractivity contribution in [1.29, 1.82) is 0 Å². The maximum atomic E-state index is 12.5. The van der Waals surface area contributed by atoms with Crippen LogP contribution in [-0.2, 0) is 0 Å². The van der Waals surface area contributed by atoms with E-state index in [-0.39, 0.29) is 23.6 Å². The van der Waals surface area contributed by atoms with Crippen molar-refractivity contribution in [2.24, 2.45) is 11.5 Å². The fourth-order valence-corrected chi connectivity index (χ4v) is 4.62. The SMILES string of the molecule is COc1cc(Nc2nc(NC3CCCCC3N)n3ccnc3c2C(N)=O)cc(OC)c1C(C)C. The number of nitrogens with two attached hydrogens (primary N) is 2.